The molecule has 0 saturated heterocycles. The maximum absolute atomic E-state index is 9.00. The molecule has 21 heavy (non-hydrogen) atoms. The zero-order valence-corrected chi connectivity index (χ0v) is 11.4. The summed E-state index contributed by atoms with van der Waals surface area (Å²) in [5, 5.41) is 10.6. The van der Waals surface area contributed by atoms with Crippen molar-refractivity contribution in [2.75, 3.05) is 11.1 Å². The number of aliphatic imine (C=N–C) groups is 1. The first-order chi connectivity index (χ1) is 10.1. The highest BCUT2D eigenvalue weighted by molar-refractivity contribution is 5.92. The molecule has 0 unspecified atom stereocenters. The third-order valence-electron chi connectivity index (χ3n) is 2.62. The fraction of sp³-hybridized carbons (Fsp3) is 0.143. The second kappa shape index (κ2) is 6.47. The number of fused-ring (bicyclic) bond motifs is 1. The third-order valence-corrected chi connectivity index (χ3v) is 2.62. The van der Waals surface area contributed by atoms with Gasteiger partial charge in [0.2, 0.25) is 5.95 Å². The van der Waals surface area contributed by atoms with Crippen LogP contribution in [0.5, 0.6) is 0 Å². The molecule has 2 aromatic rings. The highest BCUT2D eigenvalue weighted by Gasteiger charge is 2.10. The number of nitrogens with two attached hydrogens (primary N) is 1. The molecular weight excluding hydrogens is 270 g/mol. The Labute approximate surface area is 121 Å². The maximum atomic E-state index is 9.00. The van der Waals surface area contributed by atoms with Crippen molar-refractivity contribution in [1.82, 2.24) is 9.97 Å². The van der Waals surface area contributed by atoms with Gasteiger partial charge in [0.15, 0.2) is 0 Å². The lowest BCUT2D eigenvalue weighted by Gasteiger charge is -2.09. The number of aliphatic carboxylic acids is 1. The predicted octanol–water partition coefficient (Wildman–Crippen LogP) is 1.83. The summed E-state index contributed by atoms with van der Waals surface area (Å²) in [5.74, 6) is 0.113. The van der Waals surface area contributed by atoms with E-state index < -0.39 is 5.97 Å². The number of rotatable bonds is 2. The van der Waals surface area contributed by atoms with Crippen molar-refractivity contribution in [3.63, 3.8) is 0 Å². The van der Waals surface area contributed by atoms with Crippen molar-refractivity contribution in [3.8, 4) is 0 Å². The molecule has 1 aromatic carbocycles. The molecule has 0 radical (unpaired) electrons. The molecule has 0 aliphatic carbocycles. The number of carboxylic acid groups (broad SMARTS) is 1. The van der Waals surface area contributed by atoms with E-state index in [1.807, 2.05) is 18.3 Å². The first-order valence-electron chi connectivity index (χ1n) is 6.23. The Morgan fingerprint density at radius 2 is 2.14 bits per heavy atom. The number of hydrogen-bond donors (Lipinski definition) is 3. The molecule has 1 aliphatic rings. The van der Waals surface area contributed by atoms with Crippen LogP contribution in [0, 0.1) is 0 Å². The largest absolute Gasteiger partial charge is 0.481 e. The SMILES string of the molecule is CC(=O)O.Nc1nccc(Nc2cccc3c2C=NC3)n1. The zero-order chi connectivity index (χ0) is 15.2. The van der Waals surface area contributed by atoms with Gasteiger partial charge in [-0.3, -0.25) is 9.79 Å². The summed E-state index contributed by atoms with van der Waals surface area (Å²) in [4.78, 5) is 21.2. The molecule has 1 aliphatic heterocycles. The second-order valence-electron chi connectivity index (χ2n) is 4.29. The summed E-state index contributed by atoms with van der Waals surface area (Å²) in [6.07, 6.45) is 3.50. The van der Waals surface area contributed by atoms with Crippen LogP contribution in [0.25, 0.3) is 0 Å². The average Bonchev–Trinajstić information content (AvgIpc) is 2.87. The molecule has 1 aromatic heterocycles. The van der Waals surface area contributed by atoms with E-state index in [9.17, 15) is 0 Å². The van der Waals surface area contributed by atoms with Crippen molar-refractivity contribution in [1.29, 1.82) is 0 Å². The van der Waals surface area contributed by atoms with Gasteiger partial charge in [0.1, 0.15) is 5.82 Å². The van der Waals surface area contributed by atoms with Gasteiger partial charge < -0.3 is 16.2 Å². The van der Waals surface area contributed by atoms with E-state index in [1.54, 1.807) is 12.3 Å². The number of carbonyl (C=O) groups is 1. The lowest BCUT2D eigenvalue weighted by Crippen LogP contribution is -2.01. The molecule has 7 heteroatoms. The lowest BCUT2D eigenvalue weighted by atomic mass is 10.1. The number of hydrogen-bond acceptors (Lipinski definition) is 6. The van der Waals surface area contributed by atoms with Crippen LogP contribution in [0.1, 0.15) is 18.1 Å². The van der Waals surface area contributed by atoms with Gasteiger partial charge in [-0.15, -0.1) is 0 Å². The van der Waals surface area contributed by atoms with Gasteiger partial charge in [0.25, 0.3) is 5.97 Å². The van der Waals surface area contributed by atoms with Crippen molar-refractivity contribution < 1.29 is 9.90 Å². The Balaban J connectivity index is 0.000000361. The van der Waals surface area contributed by atoms with Crippen molar-refractivity contribution in [2.24, 2.45) is 4.99 Å². The number of nitrogens with one attached hydrogen (secondary N) is 1. The van der Waals surface area contributed by atoms with Crippen LogP contribution in [0.2, 0.25) is 0 Å². The molecule has 0 fully saturated rings. The molecule has 0 saturated carbocycles. The van der Waals surface area contributed by atoms with Gasteiger partial charge in [-0.25, -0.2) is 4.98 Å². The quantitative estimate of drug-likeness (QED) is 0.775. The molecule has 108 valence electrons. The summed E-state index contributed by atoms with van der Waals surface area (Å²) in [7, 11) is 0. The Morgan fingerprint density at radius 1 is 1.38 bits per heavy atom. The summed E-state index contributed by atoms with van der Waals surface area (Å²) < 4.78 is 0. The van der Waals surface area contributed by atoms with Crippen LogP contribution in [0.4, 0.5) is 17.5 Å². The van der Waals surface area contributed by atoms with Crippen LogP contribution in [0.3, 0.4) is 0 Å². The lowest BCUT2D eigenvalue weighted by molar-refractivity contribution is -0.134. The summed E-state index contributed by atoms with van der Waals surface area (Å²) in [6, 6.07) is 7.85. The number of anilines is 3. The van der Waals surface area contributed by atoms with Crippen LogP contribution in [0.15, 0.2) is 35.5 Å². The molecule has 2 heterocycles. The molecule has 0 amide bonds. The minimum atomic E-state index is -0.833. The number of benzene rings is 1. The van der Waals surface area contributed by atoms with Gasteiger partial charge in [0, 0.05) is 30.6 Å². The minimum Gasteiger partial charge on any atom is -0.481 e. The first kappa shape index (κ1) is 14.4. The van der Waals surface area contributed by atoms with Crippen molar-refractivity contribution in [2.45, 2.75) is 13.5 Å². The van der Waals surface area contributed by atoms with Gasteiger partial charge in [-0.2, -0.15) is 4.98 Å². The topological polar surface area (TPSA) is 113 Å². The standard InChI is InChI=1S/C12H11N5.C2H4O2/c13-12-15-5-4-11(17-12)16-10-3-1-2-8-6-14-7-9(8)10;1-2(3)4/h1-5,7H,6H2,(H3,13,15,16,17);1H3,(H,3,4). The normalized spacial score (nSPS) is 11.3. The van der Waals surface area contributed by atoms with Crippen LogP contribution in [-0.4, -0.2) is 27.3 Å². The van der Waals surface area contributed by atoms with Gasteiger partial charge in [-0.05, 0) is 17.7 Å². The Hall–Kier alpha value is -2.96. The van der Waals surface area contributed by atoms with E-state index >= 15 is 0 Å². The number of nitrogens with zero attached hydrogens (tertiary/aromatic N) is 3. The minimum absolute atomic E-state index is 0.260. The Bertz CT molecular complexity index is 681. The molecule has 0 atom stereocenters. The van der Waals surface area contributed by atoms with Gasteiger partial charge in [0.05, 0.1) is 6.54 Å². The van der Waals surface area contributed by atoms with E-state index in [-0.39, 0.29) is 5.95 Å². The second-order valence-corrected chi connectivity index (χ2v) is 4.29. The zero-order valence-electron chi connectivity index (χ0n) is 11.4. The number of aromatic nitrogens is 2. The fourth-order valence-corrected chi connectivity index (χ4v) is 1.83. The van der Waals surface area contributed by atoms with Crippen molar-refractivity contribution >= 4 is 29.6 Å². The molecule has 0 bridgehead atoms. The molecule has 3 rings (SSSR count). The van der Waals surface area contributed by atoms with Crippen LogP contribution < -0.4 is 11.1 Å². The van der Waals surface area contributed by atoms with Crippen molar-refractivity contribution in [3.05, 3.63) is 41.6 Å². The molecule has 7 nitrogen and oxygen atoms in total. The van der Waals surface area contributed by atoms with E-state index in [2.05, 4.69) is 26.3 Å². The smallest absolute Gasteiger partial charge is 0.300 e. The summed E-state index contributed by atoms with van der Waals surface area (Å²) >= 11 is 0. The molecule has 4 N–H and O–H groups in total. The summed E-state index contributed by atoms with van der Waals surface area (Å²) in [6.45, 7) is 1.83. The highest BCUT2D eigenvalue weighted by atomic mass is 16.4. The number of carboxylic acids is 1. The van der Waals surface area contributed by atoms with Crippen LogP contribution >= 0.6 is 0 Å². The summed E-state index contributed by atoms with van der Waals surface area (Å²) in [5.41, 5.74) is 8.86. The maximum Gasteiger partial charge on any atom is 0.300 e. The first-order valence-corrected chi connectivity index (χ1v) is 6.23. The fourth-order valence-electron chi connectivity index (χ4n) is 1.83. The van der Waals surface area contributed by atoms with Gasteiger partial charge >= 0.3 is 0 Å². The Morgan fingerprint density at radius 3 is 2.86 bits per heavy atom. The average molecular weight is 285 g/mol. The van der Waals surface area contributed by atoms with Gasteiger partial charge in [-0.1, -0.05) is 12.1 Å². The predicted molar refractivity (Wildman–Crippen MR) is 80.8 cm³/mol. The monoisotopic (exact) mass is 285 g/mol. The Kier molecular flexibility index (Phi) is 4.45. The van der Waals surface area contributed by atoms with E-state index in [0.29, 0.717) is 5.82 Å². The van der Waals surface area contributed by atoms with Crippen LogP contribution in [-0.2, 0) is 11.3 Å². The molecular formula is C14H15N5O2. The highest BCUT2D eigenvalue weighted by Crippen LogP contribution is 2.25. The van der Waals surface area contributed by atoms with E-state index in [1.165, 1.54) is 5.56 Å². The van der Waals surface area contributed by atoms with E-state index in [4.69, 9.17) is 15.6 Å². The van der Waals surface area contributed by atoms with E-state index in [0.717, 1.165) is 24.7 Å². The molecule has 0 spiro atoms. The number of nitrogen functional groups attached to an aromatic ring is 1. The third kappa shape index (κ3) is 4.00.